The number of nitrogens with two attached hydrogens (primary N) is 1. The van der Waals surface area contributed by atoms with E-state index in [2.05, 4.69) is 11.8 Å². The Balaban J connectivity index is 2.09. The van der Waals surface area contributed by atoms with Gasteiger partial charge in [-0.25, -0.2) is 0 Å². The zero-order valence-corrected chi connectivity index (χ0v) is 9.47. The molecule has 1 saturated heterocycles. The molecule has 1 aliphatic heterocycles. The van der Waals surface area contributed by atoms with Gasteiger partial charge in [0.05, 0.1) is 0 Å². The molecule has 2 fully saturated rings. The molecule has 2 heteroatoms. The van der Waals surface area contributed by atoms with Gasteiger partial charge >= 0.3 is 0 Å². The summed E-state index contributed by atoms with van der Waals surface area (Å²) in [4.78, 5) is 2.70. The predicted molar refractivity (Wildman–Crippen MR) is 60.2 cm³/mol. The summed E-state index contributed by atoms with van der Waals surface area (Å²) in [6, 6.07) is 0. The average Bonchev–Trinajstić information content (AvgIpc) is 2.62. The van der Waals surface area contributed by atoms with E-state index in [1.165, 1.54) is 51.6 Å². The molecule has 0 aromatic carbocycles. The summed E-state index contributed by atoms with van der Waals surface area (Å²) >= 11 is 0. The van der Waals surface area contributed by atoms with Crippen molar-refractivity contribution < 1.29 is 0 Å². The molecule has 2 aliphatic rings. The summed E-state index contributed by atoms with van der Waals surface area (Å²) in [5.74, 6) is 0.811. The van der Waals surface area contributed by atoms with Crippen molar-refractivity contribution in [2.24, 2.45) is 11.7 Å². The molecule has 2 rings (SSSR count). The largest absolute Gasteiger partial charge is 0.329 e. The minimum atomic E-state index is 0.375. The molecule has 1 saturated carbocycles. The zero-order chi connectivity index (χ0) is 10.0. The Morgan fingerprint density at radius 3 is 2.43 bits per heavy atom. The van der Waals surface area contributed by atoms with Gasteiger partial charge in [0.25, 0.3) is 0 Å². The summed E-state index contributed by atoms with van der Waals surface area (Å²) in [6.07, 6.45) is 8.29. The van der Waals surface area contributed by atoms with E-state index in [1.807, 2.05) is 0 Å². The third-order valence-corrected chi connectivity index (χ3v) is 4.50. The highest BCUT2D eigenvalue weighted by Gasteiger charge is 2.43. The van der Waals surface area contributed by atoms with Crippen molar-refractivity contribution in [3.05, 3.63) is 0 Å². The monoisotopic (exact) mass is 196 g/mol. The Morgan fingerprint density at radius 1 is 1.21 bits per heavy atom. The van der Waals surface area contributed by atoms with Crippen LogP contribution in [-0.4, -0.2) is 30.1 Å². The molecule has 1 aliphatic carbocycles. The van der Waals surface area contributed by atoms with Crippen LogP contribution < -0.4 is 5.73 Å². The van der Waals surface area contributed by atoms with Gasteiger partial charge < -0.3 is 5.73 Å². The highest BCUT2D eigenvalue weighted by Crippen LogP contribution is 2.40. The number of piperidine rings is 1. The van der Waals surface area contributed by atoms with Crippen molar-refractivity contribution >= 4 is 0 Å². The molecule has 0 aromatic rings. The van der Waals surface area contributed by atoms with Gasteiger partial charge in [0, 0.05) is 12.1 Å². The van der Waals surface area contributed by atoms with Gasteiger partial charge in [0.1, 0.15) is 0 Å². The van der Waals surface area contributed by atoms with Crippen LogP contribution in [0.25, 0.3) is 0 Å². The van der Waals surface area contributed by atoms with Crippen LogP contribution in [-0.2, 0) is 0 Å². The first-order valence-electron chi connectivity index (χ1n) is 6.25. The van der Waals surface area contributed by atoms with Crippen LogP contribution in [0.4, 0.5) is 0 Å². The van der Waals surface area contributed by atoms with E-state index < -0.39 is 0 Å². The first-order valence-corrected chi connectivity index (χ1v) is 6.25. The van der Waals surface area contributed by atoms with Crippen LogP contribution in [0.15, 0.2) is 0 Å². The summed E-state index contributed by atoms with van der Waals surface area (Å²) in [6.45, 7) is 5.85. The van der Waals surface area contributed by atoms with E-state index in [4.69, 9.17) is 5.73 Å². The van der Waals surface area contributed by atoms with Crippen molar-refractivity contribution in [1.29, 1.82) is 0 Å². The van der Waals surface area contributed by atoms with Gasteiger partial charge in [0.2, 0.25) is 0 Å². The van der Waals surface area contributed by atoms with Crippen molar-refractivity contribution in [3.63, 3.8) is 0 Å². The van der Waals surface area contributed by atoms with Crippen molar-refractivity contribution in [2.75, 3.05) is 19.6 Å². The predicted octanol–water partition coefficient (Wildman–Crippen LogP) is 1.99. The highest BCUT2D eigenvalue weighted by molar-refractivity contribution is 5.00. The first-order chi connectivity index (χ1) is 6.79. The van der Waals surface area contributed by atoms with Crippen molar-refractivity contribution in [3.8, 4) is 0 Å². The third-order valence-electron chi connectivity index (χ3n) is 4.50. The number of rotatable bonds is 2. The molecule has 0 bridgehead atoms. The normalized spacial score (nSPS) is 40.3. The molecular weight excluding hydrogens is 172 g/mol. The first kappa shape index (κ1) is 10.4. The lowest BCUT2D eigenvalue weighted by Gasteiger charge is -2.46. The second kappa shape index (κ2) is 4.19. The molecule has 14 heavy (non-hydrogen) atoms. The summed E-state index contributed by atoms with van der Waals surface area (Å²) in [5, 5.41) is 0. The van der Waals surface area contributed by atoms with Gasteiger partial charge in [-0.15, -0.1) is 0 Å². The van der Waals surface area contributed by atoms with E-state index in [9.17, 15) is 0 Å². The van der Waals surface area contributed by atoms with E-state index >= 15 is 0 Å². The maximum atomic E-state index is 6.05. The average molecular weight is 196 g/mol. The maximum absolute atomic E-state index is 6.05. The summed E-state index contributed by atoms with van der Waals surface area (Å²) in [7, 11) is 0. The SMILES string of the molecule is CC1CCCC1(CN)N1CCCCC1. The standard InChI is InChI=1S/C12H24N2/c1-11-6-5-7-12(11,10-13)14-8-3-2-4-9-14/h11H,2-10,13H2,1H3. The molecular formula is C12H24N2. The summed E-state index contributed by atoms with van der Waals surface area (Å²) < 4.78 is 0. The van der Waals surface area contributed by atoms with E-state index in [-0.39, 0.29) is 0 Å². The van der Waals surface area contributed by atoms with Crippen LogP contribution in [0.3, 0.4) is 0 Å². The van der Waals surface area contributed by atoms with Gasteiger partial charge in [0.15, 0.2) is 0 Å². The van der Waals surface area contributed by atoms with Crippen LogP contribution in [0.2, 0.25) is 0 Å². The van der Waals surface area contributed by atoms with Crippen molar-refractivity contribution in [2.45, 2.75) is 51.0 Å². The lowest BCUT2D eigenvalue weighted by atomic mass is 9.85. The molecule has 82 valence electrons. The minimum absolute atomic E-state index is 0.375. The van der Waals surface area contributed by atoms with Gasteiger partial charge in [-0.3, -0.25) is 4.90 Å². The van der Waals surface area contributed by atoms with Crippen LogP contribution in [0.1, 0.15) is 45.4 Å². The van der Waals surface area contributed by atoms with E-state index in [0.717, 1.165) is 12.5 Å². The Labute approximate surface area is 87.8 Å². The van der Waals surface area contributed by atoms with Gasteiger partial charge in [-0.2, -0.15) is 0 Å². The fourth-order valence-electron chi connectivity index (χ4n) is 3.47. The minimum Gasteiger partial charge on any atom is -0.329 e. The van der Waals surface area contributed by atoms with E-state index in [0.29, 0.717) is 5.54 Å². The fraction of sp³-hybridized carbons (Fsp3) is 1.00. The fourth-order valence-corrected chi connectivity index (χ4v) is 3.47. The molecule has 0 spiro atoms. The molecule has 1 heterocycles. The Hall–Kier alpha value is -0.0800. The second-order valence-electron chi connectivity index (χ2n) is 5.15. The Bertz CT molecular complexity index is 187. The number of nitrogens with zero attached hydrogens (tertiary/aromatic N) is 1. The number of hydrogen-bond acceptors (Lipinski definition) is 2. The molecule has 2 N–H and O–H groups in total. The van der Waals surface area contributed by atoms with Crippen LogP contribution in [0.5, 0.6) is 0 Å². The highest BCUT2D eigenvalue weighted by atomic mass is 15.2. The Morgan fingerprint density at radius 2 is 1.93 bits per heavy atom. The molecule has 2 atom stereocenters. The summed E-state index contributed by atoms with van der Waals surface area (Å²) in [5.41, 5.74) is 6.42. The van der Waals surface area contributed by atoms with Gasteiger partial charge in [-0.1, -0.05) is 19.8 Å². The second-order valence-corrected chi connectivity index (χ2v) is 5.15. The maximum Gasteiger partial charge on any atom is 0.0357 e. The molecule has 0 amide bonds. The lowest BCUT2D eigenvalue weighted by Crippen LogP contribution is -2.57. The van der Waals surface area contributed by atoms with E-state index in [1.54, 1.807) is 0 Å². The molecule has 0 radical (unpaired) electrons. The Kier molecular flexibility index (Phi) is 3.13. The molecule has 2 unspecified atom stereocenters. The van der Waals surface area contributed by atoms with Crippen LogP contribution >= 0.6 is 0 Å². The molecule has 0 aromatic heterocycles. The quantitative estimate of drug-likeness (QED) is 0.732. The lowest BCUT2D eigenvalue weighted by molar-refractivity contribution is 0.0459. The number of likely N-dealkylation sites (tertiary alicyclic amines) is 1. The molecule has 2 nitrogen and oxygen atoms in total. The zero-order valence-electron chi connectivity index (χ0n) is 9.47. The third kappa shape index (κ3) is 1.59. The van der Waals surface area contributed by atoms with Crippen LogP contribution in [0, 0.1) is 5.92 Å². The smallest absolute Gasteiger partial charge is 0.0357 e. The number of hydrogen-bond donors (Lipinski definition) is 1. The van der Waals surface area contributed by atoms with Crippen molar-refractivity contribution in [1.82, 2.24) is 4.90 Å². The topological polar surface area (TPSA) is 29.3 Å². The van der Waals surface area contributed by atoms with Gasteiger partial charge in [-0.05, 0) is 44.7 Å².